The highest BCUT2D eigenvalue weighted by Crippen LogP contribution is 2.26. The second-order valence-corrected chi connectivity index (χ2v) is 5.01. The first-order valence-electron chi connectivity index (χ1n) is 7.26. The van der Waals surface area contributed by atoms with Crippen LogP contribution in [0.2, 0.25) is 0 Å². The number of benzene rings is 3. The van der Waals surface area contributed by atoms with Gasteiger partial charge in [0.2, 0.25) is 0 Å². The minimum Gasteiger partial charge on any atom is -0.0792 e. The average Bonchev–Trinajstić information content (AvgIpc) is 2.58. The summed E-state index contributed by atoms with van der Waals surface area (Å²) >= 11 is 0. The topological polar surface area (TPSA) is 0 Å². The van der Waals surface area contributed by atoms with Gasteiger partial charge in [0.15, 0.2) is 0 Å². The quantitative estimate of drug-likeness (QED) is 0.563. The van der Waals surface area contributed by atoms with Crippen LogP contribution >= 0.6 is 0 Å². The van der Waals surface area contributed by atoms with Gasteiger partial charge in [0, 0.05) is 0 Å². The van der Waals surface area contributed by atoms with Crippen LogP contribution in [0.3, 0.4) is 0 Å². The van der Waals surface area contributed by atoms with E-state index in [9.17, 15) is 0 Å². The third kappa shape index (κ3) is 2.95. The largest absolute Gasteiger partial charge is 0.0792 e. The molecule has 0 aliphatic heterocycles. The molecule has 0 nitrogen and oxygen atoms in total. The summed E-state index contributed by atoms with van der Waals surface area (Å²) in [7, 11) is 0. The third-order valence-electron chi connectivity index (χ3n) is 3.68. The van der Waals surface area contributed by atoms with E-state index in [2.05, 4.69) is 91.9 Å². The first-order chi connectivity index (χ1) is 10.4. The van der Waals surface area contributed by atoms with E-state index in [-0.39, 0.29) is 0 Å². The van der Waals surface area contributed by atoms with Crippen molar-refractivity contribution in [2.45, 2.75) is 6.92 Å². The molecule has 0 aliphatic carbocycles. The molecular formula is C21H18. The lowest BCUT2D eigenvalue weighted by Gasteiger charge is -2.09. The SMILES string of the molecule is C/C=C(\c1ccccc1)c1ccc(-c2ccccc2)cc1. The van der Waals surface area contributed by atoms with Crippen LogP contribution in [-0.4, -0.2) is 0 Å². The van der Waals surface area contributed by atoms with Gasteiger partial charge in [-0.3, -0.25) is 0 Å². The van der Waals surface area contributed by atoms with Gasteiger partial charge >= 0.3 is 0 Å². The number of hydrogen-bond donors (Lipinski definition) is 0. The number of allylic oxidation sites excluding steroid dienone is 1. The molecule has 0 unspecified atom stereocenters. The van der Waals surface area contributed by atoms with Crippen molar-refractivity contribution in [3.05, 3.63) is 102 Å². The summed E-state index contributed by atoms with van der Waals surface area (Å²) in [4.78, 5) is 0. The van der Waals surface area contributed by atoms with Crippen LogP contribution in [0.4, 0.5) is 0 Å². The molecule has 0 fully saturated rings. The Kier molecular flexibility index (Phi) is 3.97. The molecule has 0 spiro atoms. The highest BCUT2D eigenvalue weighted by molar-refractivity contribution is 5.80. The van der Waals surface area contributed by atoms with E-state index in [4.69, 9.17) is 0 Å². The van der Waals surface area contributed by atoms with Gasteiger partial charge in [0.05, 0.1) is 0 Å². The Labute approximate surface area is 126 Å². The second kappa shape index (κ2) is 6.23. The molecule has 0 heterocycles. The van der Waals surface area contributed by atoms with Gasteiger partial charge in [0.1, 0.15) is 0 Å². The minimum atomic E-state index is 1.25. The van der Waals surface area contributed by atoms with Crippen molar-refractivity contribution in [3.63, 3.8) is 0 Å². The number of hydrogen-bond acceptors (Lipinski definition) is 0. The van der Waals surface area contributed by atoms with Crippen LogP contribution in [0.5, 0.6) is 0 Å². The lowest BCUT2D eigenvalue weighted by molar-refractivity contribution is 1.52. The predicted molar refractivity (Wildman–Crippen MR) is 91.1 cm³/mol. The van der Waals surface area contributed by atoms with Crippen LogP contribution < -0.4 is 0 Å². The van der Waals surface area contributed by atoms with E-state index in [0.29, 0.717) is 0 Å². The third-order valence-corrected chi connectivity index (χ3v) is 3.68. The monoisotopic (exact) mass is 270 g/mol. The van der Waals surface area contributed by atoms with Crippen molar-refractivity contribution in [1.82, 2.24) is 0 Å². The van der Waals surface area contributed by atoms with Gasteiger partial charge in [-0.25, -0.2) is 0 Å². The molecule has 21 heavy (non-hydrogen) atoms. The fourth-order valence-corrected chi connectivity index (χ4v) is 2.59. The summed E-state index contributed by atoms with van der Waals surface area (Å²) in [5, 5.41) is 0. The first kappa shape index (κ1) is 13.4. The van der Waals surface area contributed by atoms with E-state index >= 15 is 0 Å². The van der Waals surface area contributed by atoms with Crippen LogP contribution in [0.25, 0.3) is 16.7 Å². The summed E-state index contributed by atoms with van der Waals surface area (Å²) in [5.41, 5.74) is 6.29. The van der Waals surface area contributed by atoms with Gasteiger partial charge in [0.25, 0.3) is 0 Å². The lowest BCUT2D eigenvalue weighted by atomic mass is 9.95. The summed E-state index contributed by atoms with van der Waals surface area (Å²) in [6.45, 7) is 2.09. The maximum Gasteiger partial charge on any atom is -0.0154 e. The lowest BCUT2D eigenvalue weighted by Crippen LogP contribution is -1.87. The highest BCUT2D eigenvalue weighted by atomic mass is 14.1. The van der Waals surface area contributed by atoms with Crippen LogP contribution in [0, 0.1) is 0 Å². The summed E-state index contributed by atoms with van der Waals surface area (Å²) in [6.07, 6.45) is 2.17. The Morgan fingerprint density at radius 1 is 0.571 bits per heavy atom. The van der Waals surface area contributed by atoms with Gasteiger partial charge in [-0.1, -0.05) is 91.0 Å². The molecule has 0 aromatic heterocycles. The normalized spacial score (nSPS) is 11.4. The molecule has 0 atom stereocenters. The second-order valence-electron chi connectivity index (χ2n) is 5.01. The summed E-state index contributed by atoms with van der Waals surface area (Å²) in [6, 6.07) is 29.8. The first-order valence-corrected chi connectivity index (χ1v) is 7.26. The molecular weight excluding hydrogens is 252 g/mol. The molecule has 0 radical (unpaired) electrons. The van der Waals surface area contributed by atoms with Crippen molar-refractivity contribution in [2.24, 2.45) is 0 Å². The molecule has 102 valence electrons. The van der Waals surface area contributed by atoms with Gasteiger partial charge < -0.3 is 0 Å². The van der Waals surface area contributed by atoms with Crippen molar-refractivity contribution >= 4 is 5.57 Å². The van der Waals surface area contributed by atoms with E-state index < -0.39 is 0 Å². The van der Waals surface area contributed by atoms with Crippen molar-refractivity contribution < 1.29 is 0 Å². The van der Waals surface area contributed by atoms with Gasteiger partial charge in [-0.05, 0) is 34.8 Å². The summed E-state index contributed by atoms with van der Waals surface area (Å²) in [5.74, 6) is 0. The van der Waals surface area contributed by atoms with Crippen LogP contribution in [-0.2, 0) is 0 Å². The molecule has 0 aliphatic rings. The zero-order chi connectivity index (χ0) is 14.5. The maximum absolute atomic E-state index is 2.20. The zero-order valence-electron chi connectivity index (χ0n) is 12.2. The smallest absolute Gasteiger partial charge is 0.0154 e. The Morgan fingerprint density at radius 3 is 1.62 bits per heavy atom. The Morgan fingerprint density at radius 2 is 1.05 bits per heavy atom. The van der Waals surface area contributed by atoms with Crippen molar-refractivity contribution in [1.29, 1.82) is 0 Å². The van der Waals surface area contributed by atoms with E-state index in [1.165, 1.54) is 27.8 Å². The van der Waals surface area contributed by atoms with Crippen molar-refractivity contribution in [2.75, 3.05) is 0 Å². The Bertz CT molecular complexity index is 720. The minimum absolute atomic E-state index is 1.25. The van der Waals surface area contributed by atoms with E-state index in [1.807, 2.05) is 6.07 Å². The standard InChI is InChI=1S/C21H18/c1-2-21(19-11-7-4-8-12-19)20-15-13-18(14-16-20)17-9-5-3-6-10-17/h2-16H,1H3/b21-2+. The molecule has 0 saturated carbocycles. The maximum atomic E-state index is 2.20. The molecule has 0 bridgehead atoms. The van der Waals surface area contributed by atoms with Gasteiger partial charge in [-0.2, -0.15) is 0 Å². The predicted octanol–water partition coefficient (Wildman–Crippen LogP) is 5.81. The Balaban J connectivity index is 1.94. The fourth-order valence-electron chi connectivity index (χ4n) is 2.59. The molecule has 3 rings (SSSR count). The number of rotatable bonds is 3. The zero-order valence-corrected chi connectivity index (χ0v) is 12.2. The van der Waals surface area contributed by atoms with E-state index in [1.54, 1.807) is 0 Å². The fraction of sp³-hybridized carbons (Fsp3) is 0.0476. The van der Waals surface area contributed by atoms with Crippen LogP contribution in [0.15, 0.2) is 91.0 Å². The Hall–Kier alpha value is -2.60. The molecule has 0 N–H and O–H groups in total. The summed E-state index contributed by atoms with van der Waals surface area (Å²) < 4.78 is 0. The highest BCUT2D eigenvalue weighted by Gasteiger charge is 2.04. The van der Waals surface area contributed by atoms with Crippen molar-refractivity contribution in [3.8, 4) is 11.1 Å². The van der Waals surface area contributed by atoms with Crippen LogP contribution in [0.1, 0.15) is 18.1 Å². The average molecular weight is 270 g/mol. The molecule has 0 heteroatoms. The molecule has 3 aromatic rings. The van der Waals surface area contributed by atoms with E-state index in [0.717, 1.165) is 0 Å². The molecule has 0 saturated heterocycles. The van der Waals surface area contributed by atoms with Gasteiger partial charge in [-0.15, -0.1) is 0 Å². The molecule has 3 aromatic carbocycles. The molecule has 0 amide bonds.